The number of nitrogens with zero attached hydrogens (tertiary/aromatic N) is 6. The first-order chi connectivity index (χ1) is 36.7. The van der Waals surface area contributed by atoms with Crippen molar-refractivity contribution in [3.8, 4) is 90.6 Å². The highest BCUT2D eigenvalue weighted by molar-refractivity contribution is 5.81. The first-order valence-electron chi connectivity index (χ1n) is 25.0. The Balaban J connectivity index is 0.930. The Morgan fingerprint density at radius 3 is 1.01 bits per heavy atom. The van der Waals surface area contributed by atoms with Crippen LogP contribution in [0.4, 0.5) is 0 Å². The third-order valence-electron chi connectivity index (χ3n) is 14.8. The third-order valence-corrected chi connectivity index (χ3v) is 14.8. The van der Waals surface area contributed by atoms with Gasteiger partial charge in [0.15, 0.2) is 34.9 Å². The molecule has 74 heavy (non-hydrogen) atoms. The van der Waals surface area contributed by atoms with E-state index >= 15 is 0 Å². The first-order valence-corrected chi connectivity index (χ1v) is 25.0. The molecule has 2 atom stereocenters. The van der Waals surface area contributed by atoms with Gasteiger partial charge in [-0.15, -0.1) is 0 Å². The van der Waals surface area contributed by atoms with Gasteiger partial charge in [-0.3, -0.25) is 0 Å². The van der Waals surface area contributed by atoms with Crippen LogP contribution < -0.4 is 0 Å². The molecule has 10 aromatic carbocycles. The summed E-state index contributed by atoms with van der Waals surface area (Å²) in [5.74, 6) is 3.67. The van der Waals surface area contributed by atoms with E-state index in [1.54, 1.807) is 0 Å². The monoisotopic (exact) mass is 944 g/mol. The highest BCUT2D eigenvalue weighted by Crippen LogP contribution is 2.62. The van der Waals surface area contributed by atoms with E-state index in [1.807, 2.05) is 48.5 Å². The summed E-state index contributed by atoms with van der Waals surface area (Å²) in [5.41, 5.74) is 18.1. The van der Waals surface area contributed by atoms with E-state index in [0.29, 0.717) is 34.9 Å². The second kappa shape index (κ2) is 17.8. The molecule has 0 saturated carbocycles. The van der Waals surface area contributed by atoms with Gasteiger partial charge in [-0.1, -0.05) is 249 Å². The van der Waals surface area contributed by atoms with Gasteiger partial charge in [0.25, 0.3) is 0 Å². The molecule has 12 aromatic rings. The van der Waals surface area contributed by atoms with Gasteiger partial charge in [-0.05, 0) is 73.3 Å². The zero-order valence-corrected chi connectivity index (χ0v) is 40.1. The Bertz CT molecular complexity index is 4040. The summed E-state index contributed by atoms with van der Waals surface area (Å²) in [6, 6.07) is 91.9. The lowest BCUT2D eigenvalue weighted by Gasteiger charge is -2.51. The lowest BCUT2D eigenvalue weighted by molar-refractivity contribution is 0.630. The maximum absolute atomic E-state index is 5.28. The normalized spacial score (nSPS) is 14.9. The van der Waals surface area contributed by atoms with Crippen LogP contribution in [0.2, 0.25) is 0 Å². The van der Waals surface area contributed by atoms with Crippen molar-refractivity contribution in [3.63, 3.8) is 0 Å². The van der Waals surface area contributed by atoms with E-state index in [4.69, 9.17) is 29.9 Å². The number of hydrogen-bond acceptors (Lipinski definition) is 6. The van der Waals surface area contributed by atoms with Crippen molar-refractivity contribution < 1.29 is 0 Å². The number of hydrogen-bond donors (Lipinski definition) is 0. The molecule has 2 aromatic heterocycles. The Kier molecular flexibility index (Phi) is 10.4. The van der Waals surface area contributed by atoms with Crippen LogP contribution >= 0.6 is 0 Å². The Labute approximate surface area is 429 Å². The minimum Gasteiger partial charge on any atom is -0.208 e. The summed E-state index contributed by atoms with van der Waals surface area (Å²) >= 11 is 0. The quantitative estimate of drug-likeness (QED) is 0.143. The summed E-state index contributed by atoms with van der Waals surface area (Å²) < 4.78 is 0. The minimum absolute atomic E-state index is 0.0619. The van der Waals surface area contributed by atoms with Crippen molar-refractivity contribution in [1.29, 1.82) is 0 Å². The lowest BCUT2D eigenvalue weighted by Crippen LogP contribution is -2.43. The maximum atomic E-state index is 5.28. The molecule has 0 fully saturated rings. The van der Waals surface area contributed by atoms with Gasteiger partial charge in [-0.25, -0.2) is 29.9 Å². The Morgan fingerprint density at radius 1 is 0.216 bits per heavy atom. The van der Waals surface area contributed by atoms with Gasteiger partial charge in [0.1, 0.15) is 0 Å². The van der Waals surface area contributed by atoms with Crippen molar-refractivity contribution in [2.75, 3.05) is 0 Å². The molecule has 0 aliphatic heterocycles. The van der Waals surface area contributed by atoms with Crippen LogP contribution in [0.25, 0.3) is 90.6 Å². The molecule has 3 aliphatic carbocycles. The molecule has 2 heterocycles. The number of benzene rings is 10. The van der Waals surface area contributed by atoms with Gasteiger partial charge in [0.2, 0.25) is 0 Å². The zero-order valence-electron chi connectivity index (χ0n) is 40.1. The minimum atomic E-state index is -0.669. The predicted molar refractivity (Wildman–Crippen MR) is 296 cm³/mol. The van der Waals surface area contributed by atoms with Crippen molar-refractivity contribution in [3.05, 3.63) is 300 Å². The van der Waals surface area contributed by atoms with Crippen LogP contribution in [0.3, 0.4) is 0 Å². The standard InChI is InChI=1S/C68H44N6/c1-6-18-44(19-7-1)46-30-34-50(35-31-46)64-69-62(48-22-10-3-11-23-48)71-66(73-64)52-39-41-59-57(42-52)61-55-28-16-17-29-58(55)68(59,54-26-14-5-15-27-54)60-43-53(38-40-56(60)61)67-72-63(49-24-12-4-13-25-49)70-65(74-67)51-36-32-47(33-37-51)45-20-8-2-9-21-45/h1-43,61H. The largest absolute Gasteiger partial charge is 0.208 e. The zero-order chi connectivity index (χ0) is 49.0. The molecule has 2 bridgehead atoms. The van der Waals surface area contributed by atoms with Crippen LogP contribution in [-0.2, 0) is 5.41 Å². The maximum Gasteiger partial charge on any atom is 0.164 e. The smallest absolute Gasteiger partial charge is 0.164 e. The molecule has 0 radical (unpaired) electrons. The summed E-state index contributed by atoms with van der Waals surface area (Å²) in [7, 11) is 0. The van der Waals surface area contributed by atoms with E-state index in [1.165, 1.54) is 38.9 Å². The van der Waals surface area contributed by atoms with E-state index in [-0.39, 0.29) is 5.92 Å². The van der Waals surface area contributed by atoms with Crippen LogP contribution in [0, 0.1) is 0 Å². The highest BCUT2D eigenvalue weighted by atomic mass is 15.0. The fourth-order valence-electron chi connectivity index (χ4n) is 11.3. The fourth-order valence-corrected chi connectivity index (χ4v) is 11.3. The average molecular weight is 945 g/mol. The van der Waals surface area contributed by atoms with Gasteiger partial charge >= 0.3 is 0 Å². The molecule has 15 rings (SSSR count). The molecule has 346 valence electrons. The second-order valence-corrected chi connectivity index (χ2v) is 19.0. The molecular weight excluding hydrogens is 901 g/mol. The van der Waals surface area contributed by atoms with Crippen LogP contribution in [-0.4, -0.2) is 29.9 Å². The lowest BCUT2D eigenvalue weighted by atomic mass is 9.50. The van der Waals surface area contributed by atoms with Crippen LogP contribution in [0.5, 0.6) is 0 Å². The van der Waals surface area contributed by atoms with Crippen molar-refractivity contribution in [2.45, 2.75) is 11.3 Å². The van der Waals surface area contributed by atoms with Crippen LogP contribution in [0.15, 0.2) is 261 Å². The van der Waals surface area contributed by atoms with E-state index in [9.17, 15) is 0 Å². The molecule has 0 spiro atoms. The highest BCUT2D eigenvalue weighted by Gasteiger charge is 2.53. The molecule has 6 nitrogen and oxygen atoms in total. The summed E-state index contributed by atoms with van der Waals surface area (Å²) in [5, 5.41) is 0. The molecule has 3 aliphatic rings. The van der Waals surface area contributed by atoms with Gasteiger partial charge < -0.3 is 0 Å². The number of rotatable bonds is 9. The van der Waals surface area contributed by atoms with Crippen molar-refractivity contribution in [1.82, 2.24) is 29.9 Å². The summed E-state index contributed by atoms with van der Waals surface area (Å²) in [6.45, 7) is 0. The average Bonchev–Trinajstić information content (AvgIpc) is 3.52. The molecule has 6 heteroatoms. The van der Waals surface area contributed by atoms with E-state index < -0.39 is 5.41 Å². The molecule has 0 saturated heterocycles. The Morgan fingerprint density at radius 2 is 0.527 bits per heavy atom. The third kappa shape index (κ3) is 7.26. The van der Waals surface area contributed by atoms with Crippen molar-refractivity contribution in [2.24, 2.45) is 0 Å². The second-order valence-electron chi connectivity index (χ2n) is 19.0. The van der Waals surface area contributed by atoms with Gasteiger partial charge in [-0.2, -0.15) is 0 Å². The SMILES string of the molecule is c1ccc(-c2ccc(-c3nc(-c4ccccc4)nc(-c4ccc5c(c4)C4c6ccccc6C5(c5ccccc5)c5cc(-c6nc(-c7ccccc7)nc(-c7ccc(-c8ccccc8)cc7)n6)ccc54)n3)cc2)cc1. The molecule has 0 N–H and O–H groups in total. The number of aromatic nitrogens is 6. The Hall–Kier alpha value is -9.78. The molecular formula is C68H44N6. The predicted octanol–water partition coefficient (Wildman–Crippen LogP) is 15.6. The van der Waals surface area contributed by atoms with Crippen molar-refractivity contribution >= 4 is 0 Å². The molecule has 2 unspecified atom stereocenters. The summed E-state index contributed by atoms with van der Waals surface area (Å²) in [4.78, 5) is 31.2. The van der Waals surface area contributed by atoms with E-state index in [0.717, 1.165) is 55.6 Å². The summed E-state index contributed by atoms with van der Waals surface area (Å²) in [6.07, 6.45) is 0. The fraction of sp³-hybridized carbons (Fsp3) is 0.0294. The van der Waals surface area contributed by atoms with Gasteiger partial charge in [0.05, 0.1) is 5.41 Å². The first kappa shape index (κ1) is 43.0. The topological polar surface area (TPSA) is 77.3 Å². The van der Waals surface area contributed by atoms with Crippen LogP contribution in [0.1, 0.15) is 44.9 Å². The van der Waals surface area contributed by atoms with E-state index in [2.05, 4.69) is 212 Å². The molecule has 0 amide bonds. The van der Waals surface area contributed by atoms with Gasteiger partial charge in [0, 0.05) is 39.3 Å².